The van der Waals surface area contributed by atoms with E-state index in [4.69, 9.17) is 4.74 Å². The van der Waals surface area contributed by atoms with Crippen molar-refractivity contribution in [3.05, 3.63) is 29.3 Å². The number of sulfonamides is 1. The monoisotopic (exact) mass is 394 g/mol. The van der Waals surface area contributed by atoms with Gasteiger partial charge in [-0.05, 0) is 54.9 Å². The number of nitrogens with zero attached hydrogens (tertiary/aromatic N) is 1. The summed E-state index contributed by atoms with van der Waals surface area (Å²) in [7, 11) is -1.68. The Balaban J connectivity index is 1.43. The first-order chi connectivity index (χ1) is 13.0. The van der Waals surface area contributed by atoms with E-state index in [1.807, 2.05) is 18.2 Å². The first kappa shape index (κ1) is 20.1. The molecule has 1 fully saturated rings. The molecule has 0 saturated heterocycles. The van der Waals surface area contributed by atoms with Crippen LogP contribution in [0.15, 0.2) is 18.2 Å². The number of ether oxygens (including phenoxy) is 1. The SMILES string of the molecule is COc1ccc2c(c1)CCN(S(=O)(=O)CCCNC(=O)CC1CCCC1)C2. The Labute approximate surface area is 162 Å². The molecule has 1 N–H and O–H groups in total. The minimum Gasteiger partial charge on any atom is -0.497 e. The van der Waals surface area contributed by atoms with Gasteiger partial charge in [0.15, 0.2) is 0 Å². The lowest BCUT2D eigenvalue weighted by atomic mass is 10.0. The Hall–Kier alpha value is -1.60. The van der Waals surface area contributed by atoms with Crippen molar-refractivity contribution in [1.29, 1.82) is 0 Å². The van der Waals surface area contributed by atoms with Gasteiger partial charge in [-0.3, -0.25) is 4.79 Å². The second kappa shape index (κ2) is 9.06. The minimum atomic E-state index is -3.31. The van der Waals surface area contributed by atoms with Crippen LogP contribution in [0, 0.1) is 5.92 Å². The van der Waals surface area contributed by atoms with Crippen molar-refractivity contribution in [1.82, 2.24) is 9.62 Å². The van der Waals surface area contributed by atoms with Gasteiger partial charge in [0.05, 0.1) is 12.9 Å². The zero-order chi connectivity index (χ0) is 19.3. The van der Waals surface area contributed by atoms with Gasteiger partial charge in [0.25, 0.3) is 0 Å². The predicted octanol–water partition coefficient (Wildman–Crippen LogP) is 2.47. The molecule has 0 aromatic heterocycles. The molecule has 1 aromatic rings. The molecule has 6 nitrogen and oxygen atoms in total. The van der Waals surface area contributed by atoms with E-state index in [1.54, 1.807) is 11.4 Å². The van der Waals surface area contributed by atoms with Crippen LogP contribution in [0.3, 0.4) is 0 Å². The van der Waals surface area contributed by atoms with Gasteiger partial charge in [-0.25, -0.2) is 8.42 Å². The fourth-order valence-electron chi connectivity index (χ4n) is 4.03. The highest BCUT2D eigenvalue weighted by atomic mass is 32.2. The summed E-state index contributed by atoms with van der Waals surface area (Å²) in [4.78, 5) is 11.9. The molecule has 1 aromatic carbocycles. The van der Waals surface area contributed by atoms with E-state index >= 15 is 0 Å². The van der Waals surface area contributed by atoms with Gasteiger partial charge in [0, 0.05) is 26.1 Å². The second-order valence-corrected chi connectivity index (χ2v) is 9.68. The van der Waals surface area contributed by atoms with E-state index < -0.39 is 10.0 Å². The third kappa shape index (κ3) is 5.45. The Morgan fingerprint density at radius 2 is 2.04 bits per heavy atom. The van der Waals surface area contributed by atoms with Crippen molar-refractivity contribution < 1.29 is 17.9 Å². The lowest BCUT2D eigenvalue weighted by Crippen LogP contribution is -2.38. The van der Waals surface area contributed by atoms with Crippen molar-refractivity contribution in [2.24, 2.45) is 5.92 Å². The highest BCUT2D eigenvalue weighted by molar-refractivity contribution is 7.89. The van der Waals surface area contributed by atoms with E-state index in [0.29, 0.717) is 44.8 Å². The summed E-state index contributed by atoms with van der Waals surface area (Å²) in [6, 6.07) is 5.80. The molecule has 3 rings (SSSR count). The number of methoxy groups -OCH3 is 1. The van der Waals surface area contributed by atoms with E-state index in [9.17, 15) is 13.2 Å². The number of hydrogen-bond acceptors (Lipinski definition) is 4. The molecule has 7 heteroatoms. The molecule has 150 valence electrons. The molecule has 1 heterocycles. The number of rotatable bonds is 8. The minimum absolute atomic E-state index is 0.0557. The first-order valence-electron chi connectivity index (χ1n) is 9.88. The third-order valence-electron chi connectivity index (χ3n) is 5.63. The maximum Gasteiger partial charge on any atom is 0.220 e. The molecule has 1 aliphatic heterocycles. The zero-order valence-corrected chi connectivity index (χ0v) is 16.9. The molecule has 0 bridgehead atoms. The molecule has 0 radical (unpaired) electrons. The fourth-order valence-corrected chi connectivity index (χ4v) is 5.50. The van der Waals surface area contributed by atoms with Gasteiger partial charge in [0.2, 0.25) is 15.9 Å². The zero-order valence-electron chi connectivity index (χ0n) is 16.1. The fraction of sp³-hybridized carbons (Fsp3) is 0.650. The van der Waals surface area contributed by atoms with Gasteiger partial charge in [-0.15, -0.1) is 0 Å². The normalized spacial score (nSPS) is 18.3. The van der Waals surface area contributed by atoms with Gasteiger partial charge in [-0.2, -0.15) is 4.31 Å². The first-order valence-corrected chi connectivity index (χ1v) is 11.5. The highest BCUT2D eigenvalue weighted by Crippen LogP contribution is 2.27. The van der Waals surface area contributed by atoms with Crippen LogP contribution < -0.4 is 10.1 Å². The van der Waals surface area contributed by atoms with Crippen LogP contribution in [0.1, 0.15) is 49.7 Å². The van der Waals surface area contributed by atoms with Crippen LogP contribution >= 0.6 is 0 Å². The summed E-state index contributed by atoms with van der Waals surface area (Å²) in [5.41, 5.74) is 2.19. The Bertz CT molecular complexity index is 757. The topological polar surface area (TPSA) is 75.7 Å². The summed E-state index contributed by atoms with van der Waals surface area (Å²) in [6.07, 6.45) is 6.46. The number of fused-ring (bicyclic) bond motifs is 1. The highest BCUT2D eigenvalue weighted by Gasteiger charge is 2.26. The van der Waals surface area contributed by atoms with E-state index in [-0.39, 0.29) is 11.7 Å². The summed E-state index contributed by atoms with van der Waals surface area (Å²) in [5.74, 6) is 1.45. The molecule has 27 heavy (non-hydrogen) atoms. The Morgan fingerprint density at radius 3 is 2.78 bits per heavy atom. The third-order valence-corrected chi connectivity index (χ3v) is 7.54. The van der Waals surface area contributed by atoms with Gasteiger partial charge in [0.1, 0.15) is 5.75 Å². The van der Waals surface area contributed by atoms with Crippen LogP contribution in [0.2, 0.25) is 0 Å². The number of hydrogen-bond donors (Lipinski definition) is 1. The second-order valence-electron chi connectivity index (χ2n) is 7.59. The number of amides is 1. The number of carbonyl (C=O) groups is 1. The van der Waals surface area contributed by atoms with E-state index in [2.05, 4.69) is 5.32 Å². The van der Waals surface area contributed by atoms with Gasteiger partial charge >= 0.3 is 0 Å². The molecular weight excluding hydrogens is 364 g/mol. The van der Waals surface area contributed by atoms with Crippen LogP contribution in [0.4, 0.5) is 0 Å². The van der Waals surface area contributed by atoms with Crippen LogP contribution in [0.5, 0.6) is 5.75 Å². The summed E-state index contributed by atoms with van der Waals surface area (Å²) < 4.78 is 32.1. The summed E-state index contributed by atoms with van der Waals surface area (Å²) in [6.45, 7) is 1.33. The van der Waals surface area contributed by atoms with Crippen LogP contribution in [-0.2, 0) is 27.8 Å². The lowest BCUT2D eigenvalue weighted by Gasteiger charge is -2.28. The molecule has 1 amide bonds. The standard InChI is InChI=1S/C20H30N2O4S/c1-26-19-8-7-18-15-22(11-9-17(18)14-19)27(24,25)12-4-10-21-20(23)13-16-5-2-3-6-16/h7-8,14,16H,2-6,9-13,15H2,1H3,(H,21,23). The molecule has 2 aliphatic rings. The lowest BCUT2D eigenvalue weighted by molar-refractivity contribution is -0.121. The maximum absolute atomic E-state index is 12.6. The van der Waals surface area contributed by atoms with E-state index in [0.717, 1.165) is 29.7 Å². The van der Waals surface area contributed by atoms with E-state index in [1.165, 1.54) is 12.8 Å². The Kier molecular flexibility index (Phi) is 6.76. The largest absolute Gasteiger partial charge is 0.497 e. The predicted molar refractivity (Wildman–Crippen MR) is 105 cm³/mol. The van der Waals surface area contributed by atoms with Crippen molar-refractivity contribution in [3.8, 4) is 5.75 Å². The van der Waals surface area contributed by atoms with Crippen LogP contribution in [-0.4, -0.2) is 44.6 Å². The molecule has 0 spiro atoms. The molecule has 1 aliphatic carbocycles. The van der Waals surface area contributed by atoms with Crippen molar-refractivity contribution in [3.63, 3.8) is 0 Å². The Morgan fingerprint density at radius 1 is 1.26 bits per heavy atom. The summed E-state index contributed by atoms with van der Waals surface area (Å²) >= 11 is 0. The number of nitrogens with one attached hydrogen (secondary N) is 1. The number of carbonyl (C=O) groups excluding carboxylic acids is 1. The van der Waals surface area contributed by atoms with Crippen LogP contribution in [0.25, 0.3) is 0 Å². The number of benzene rings is 1. The van der Waals surface area contributed by atoms with Crippen molar-refractivity contribution >= 4 is 15.9 Å². The van der Waals surface area contributed by atoms with Crippen molar-refractivity contribution in [2.45, 2.75) is 51.5 Å². The molecule has 1 saturated carbocycles. The maximum atomic E-state index is 12.6. The van der Waals surface area contributed by atoms with Gasteiger partial charge < -0.3 is 10.1 Å². The quantitative estimate of drug-likeness (QED) is 0.687. The molecule has 0 unspecified atom stereocenters. The van der Waals surface area contributed by atoms with Crippen molar-refractivity contribution in [2.75, 3.05) is 26.0 Å². The summed E-state index contributed by atoms with van der Waals surface area (Å²) in [5, 5.41) is 2.88. The molecular formula is C20H30N2O4S. The average Bonchev–Trinajstić information content (AvgIpc) is 3.17. The average molecular weight is 395 g/mol. The smallest absolute Gasteiger partial charge is 0.220 e. The van der Waals surface area contributed by atoms with Gasteiger partial charge in [-0.1, -0.05) is 18.9 Å². The molecule has 0 atom stereocenters.